The summed E-state index contributed by atoms with van der Waals surface area (Å²) in [6.07, 6.45) is -3.94. The van der Waals surface area contributed by atoms with Gasteiger partial charge in [-0.2, -0.15) is 13.2 Å². The maximum Gasteiger partial charge on any atom is 0.417 e. The van der Waals surface area contributed by atoms with Crippen molar-refractivity contribution in [3.05, 3.63) is 64.6 Å². The molecule has 2 aromatic rings. The van der Waals surface area contributed by atoms with E-state index in [1.54, 1.807) is 12.1 Å². The van der Waals surface area contributed by atoms with E-state index in [1.807, 2.05) is 23.1 Å². The highest BCUT2D eigenvalue weighted by Crippen LogP contribution is 2.28. The van der Waals surface area contributed by atoms with Gasteiger partial charge in [0.1, 0.15) is 6.54 Å². The van der Waals surface area contributed by atoms with Crippen LogP contribution in [0.5, 0.6) is 0 Å². The van der Waals surface area contributed by atoms with Crippen molar-refractivity contribution < 1.29 is 22.8 Å². The highest BCUT2D eigenvalue weighted by atomic mass is 19.4. The molecule has 30 heavy (non-hydrogen) atoms. The van der Waals surface area contributed by atoms with Gasteiger partial charge in [0.15, 0.2) is 0 Å². The number of halogens is 3. The highest BCUT2D eigenvalue weighted by molar-refractivity contribution is 5.92. The van der Waals surface area contributed by atoms with E-state index < -0.39 is 29.8 Å². The lowest BCUT2D eigenvalue weighted by Gasteiger charge is -2.34. The zero-order valence-corrected chi connectivity index (χ0v) is 16.1. The summed E-state index contributed by atoms with van der Waals surface area (Å²) in [6.45, 7) is 1.26. The molecule has 2 amide bonds. The number of rotatable bonds is 5. The van der Waals surface area contributed by atoms with Crippen LogP contribution in [0.4, 0.5) is 18.9 Å². The molecule has 1 aromatic heterocycles. The van der Waals surface area contributed by atoms with Gasteiger partial charge in [-0.05, 0) is 18.2 Å². The molecule has 0 spiro atoms. The third-order valence-electron chi connectivity index (χ3n) is 4.77. The van der Waals surface area contributed by atoms with Crippen molar-refractivity contribution in [1.29, 1.82) is 0 Å². The lowest BCUT2D eigenvalue weighted by atomic mass is 10.2. The Morgan fingerprint density at radius 1 is 0.933 bits per heavy atom. The summed E-state index contributed by atoms with van der Waals surface area (Å²) >= 11 is 0. The molecule has 1 aromatic carbocycles. The Labute approximate surface area is 170 Å². The van der Waals surface area contributed by atoms with E-state index in [1.165, 1.54) is 4.90 Å². The Bertz CT molecular complexity index is 952. The number of nitrogens with one attached hydrogen (secondary N) is 1. The fraction of sp³-hybridized carbons (Fsp3) is 0.350. The van der Waals surface area contributed by atoms with Crippen LogP contribution in [0.25, 0.3) is 0 Å². The van der Waals surface area contributed by atoms with Crippen LogP contribution < -0.4 is 10.9 Å². The molecule has 0 atom stereocenters. The predicted octanol–water partition coefficient (Wildman–Crippen LogP) is 1.65. The van der Waals surface area contributed by atoms with E-state index in [2.05, 4.69) is 5.32 Å². The van der Waals surface area contributed by atoms with Crippen LogP contribution in [0.1, 0.15) is 5.56 Å². The molecular weight excluding hydrogens is 401 g/mol. The number of amides is 2. The first-order chi connectivity index (χ1) is 14.2. The van der Waals surface area contributed by atoms with Crippen molar-refractivity contribution in [2.24, 2.45) is 0 Å². The number of aromatic nitrogens is 1. The van der Waals surface area contributed by atoms with E-state index in [4.69, 9.17) is 0 Å². The molecule has 1 fully saturated rings. The maximum absolute atomic E-state index is 12.8. The molecule has 1 saturated heterocycles. The quantitative estimate of drug-likeness (QED) is 0.795. The van der Waals surface area contributed by atoms with E-state index in [0.717, 1.165) is 10.6 Å². The molecule has 0 bridgehead atoms. The minimum absolute atomic E-state index is 0.170. The lowest BCUT2D eigenvalue weighted by molar-refractivity contribution is -0.139. The zero-order chi connectivity index (χ0) is 21.7. The number of alkyl halides is 3. The highest BCUT2D eigenvalue weighted by Gasteiger charge is 2.31. The second-order valence-corrected chi connectivity index (χ2v) is 6.95. The average molecular weight is 422 g/mol. The third-order valence-corrected chi connectivity index (χ3v) is 4.77. The van der Waals surface area contributed by atoms with Gasteiger partial charge in [-0.15, -0.1) is 0 Å². The smallest absolute Gasteiger partial charge is 0.339 e. The van der Waals surface area contributed by atoms with E-state index >= 15 is 0 Å². The molecule has 7 nitrogen and oxygen atoms in total. The van der Waals surface area contributed by atoms with E-state index in [0.29, 0.717) is 44.1 Å². The summed E-state index contributed by atoms with van der Waals surface area (Å²) in [5.41, 5.74) is -0.959. The number of hydrogen-bond donors (Lipinski definition) is 1. The maximum atomic E-state index is 12.8. The van der Waals surface area contributed by atoms with Crippen molar-refractivity contribution in [2.45, 2.75) is 12.7 Å². The van der Waals surface area contributed by atoms with Gasteiger partial charge in [-0.25, -0.2) is 0 Å². The summed E-state index contributed by atoms with van der Waals surface area (Å²) in [6, 6.07) is 10.5. The lowest BCUT2D eigenvalue weighted by Crippen LogP contribution is -2.51. The van der Waals surface area contributed by atoms with Gasteiger partial charge in [0.2, 0.25) is 11.8 Å². The summed E-state index contributed by atoms with van der Waals surface area (Å²) < 4.78 is 39.3. The van der Waals surface area contributed by atoms with Crippen LogP contribution in [0.3, 0.4) is 0 Å². The molecule has 1 N–H and O–H groups in total. The van der Waals surface area contributed by atoms with Gasteiger partial charge in [-0.1, -0.05) is 18.2 Å². The number of pyridine rings is 1. The molecule has 160 valence electrons. The second kappa shape index (κ2) is 9.12. The number of nitrogens with zero attached hydrogens (tertiary/aromatic N) is 3. The van der Waals surface area contributed by atoms with E-state index in [-0.39, 0.29) is 12.5 Å². The van der Waals surface area contributed by atoms with Crippen LogP contribution in [0, 0.1) is 0 Å². The second-order valence-electron chi connectivity index (χ2n) is 6.95. The summed E-state index contributed by atoms with van der Waals surface area (Å²) in [5, 5.41) is 2.79. The first-order valence-electron chi connectivity index (χ1n) is 9.35. The van der Waals surface area contributed by atoms with Crippen LogP contribution >= 0.6 is 0 Å². The Hall–Kier alpha value is -3.14. The van der Waals surface area contributed by atoms with Crippen molar-refractivity contribution in [3.63, 3.8) is 0 Å². The number of carbonyl (C=O) groups is 2. The SMILES string of the molecule is O=C(CN1CCN(C(=O)Cn2cc(C(F)(F)F)ccc2=O)CC1)Nc1ccccc1. The molecule has 0 radical (unpaired) electrons. The monoisotopic (exact) mass is 422 g/mol. The number of benzene rings is 1. The molecule has 3 rings (SSSR count). The van der Waals surface area contributed by atoms with Crippen LogP contribution in [-0.2, 0) is 22.3 Å². The molecule has 0 unspecified atom stereocenters. The van der Waals surface area contributed by atoms with Gasteiger partial charge in [0, 0.05) is 44.1 Å². The molecule has 0 saturated carbocycles. The van der Waals surface area contributed by atoms with Gasteiger partial charge >= 0.3 is 6.18 Å². The van der Waals surface area contributed by atoms with Gasteiger partial charge in [0.25, 0.3) is 5.56 Å². The fourth-order valence-corrected chi connectivity index (χ4v) is 3.15. The predicted molar refractivity (Wildman–Crippen MR) is 104 cm³/mol. The third kappa shape index (κ3) is 5.69. The van der Waals surface area contributed by atoms with Crippen molar-refractivity contribution >= 4 is 17.5 Å². The van der Waals surface area contributed by atoms with E-state index in [9.17, 15) is 27.6 Å². The summed E-state index contributed by atoms with van der Waals surface area (Å²) in [4.78, 5) is 39.7. The zero-order valence-electron chi connectivity index (χ0n) is 16.1. The van der Waals surface area contributed by atoms with Crippen LogP contribution in [0.2, 0.25) is 0 Å². The normalized spacial score (nSPS) is 15.1. The summed E-state index contributed by atoms with van der Waals surface area (Å²) in [5.74, 6) is -0.610. The topological polar surface area (TPSA) is 74.7 Å². The van der Waals surface area contributed by atoms with Crippen molar-refractivity contribution in [2.75, 3.05) is 38.0 Å². The van der Waals surface area contributed by atoms with Gasteiger partial charge < -0.3 is 14.8 Å². The van der Waals surface area contributed by atoms with Crippen LogP contribution in [-0.4, -0.2) is 58.9 Å². The molecule has 1 aliphatic heterocycles. The summed E-state index contributed by atoms with van der Waals surface area (Å²) in [7, 11) is 0. The average Bonchev–Trinajstić information content (AvgIpc) is 2.70. The molecule has 2 heterocycles. The Balaban J connectivity index is 1.51. The minimum Gasteiger partial charge on any atom is -0.339 e. The van der Waals surface area contributed by atoms with Crippen molar-refractivity contribution in [3.8, 4) is 0 Å². The largest absolute Gasteiger partial charge is 0.417 e. The minimum atomic E-state index is -4.59. The van der Waals surface area contributed by atoms with Crippen molar-refractivity contribution in [1.82, 2.24) is 14.4 Å². The number of piperazine rings is 1. The number of para-hydroxylation sites is 1. The number of hydrogen-bond acceptors (Lipinski definition) is 4. The standard InChI is InChI=1S/C20H21F3N4O3/c21-20(22,23)15-6-7-18(29)27(12-15)14-19(30)26-10-8-25(9-11-26)13-17(28)24-16-4-2-1-3-5-16/h1-7,12H,8-11,13-14H2,(H,24,28). The Morgan fingerprint density at radius 2 is 1.60 bits per heavy atom. The first kappa shape index (κ1) is 21.6. The first-order valence-corrected chi connectivity index (χ1v) is 9.35. The van der Waals surface area contributed by atoms with Gasteiger partial charge in [0.05, 0.1) is 12.1 Å². The Kier molecular flexibility index (Phi) is 6.56. The molecule has 0 aliphatic carbocycles. The molecule has 10 heteroatoms. The fourth-order valence-electron chi connectivity index (χ4n) is 3.15. The molecular formula is C20H21F3N4O3. The number of anilines is 1. The Morgan fingerprint density at radius 3 is 2.23 bits per heavy atom. The number of carbonyl (C=O) groups excluding carboxylic acids is 2. The van der Waals surface area contributed by atoms with Gasteiger partial charge in [-0.3, -0.25) is 19.3 Å². The van der Waals surface area contributed by atoms with Crippen LogP contribution in [0.15, 0.2) is 53.5 Å². The molecule has 1 aliphatic rings.